The van der Waals surface area contributed by atoms with E-state index < -0.39 is 0 Å². The summed E-state index contributed by atoms with van der Waals surface area (Å²) < 4.78 is 0. The topological polar surface area (TPSA) is 55.7 Å². The maximum absolute atomic E-state index is 12.2. The summed E-state index contributed by atoms with van der Waals surface area (Å²) in [7, 11) is 0. The van der Waals surface area contributed by atoms with E-state index in [0.717, 1.165) is 16.6 Å². The molecule has 0 N–H and O–H groups in total. The largest absolute Gasteiger partial charge is 0.285 e. The fourth-order valence-corrected chi connectivity index (χ4v) is 1.91. The van der Waals surface area contributed by atoms with Crippen molar-refractivity contribution >= 4 is 16.7 Å². The Morgan fingerprint density at radius 3 is 2.63 bits per heavy atom. The average Bonchev–Trinajstić information content (AvgIpc) is 2.47. The molecule has 2 heterocycles. The number of rotatable bonds is 2. The molecule has 0 atom stereocenters. The lowest BCUT2D eigenvalue weighted by molar-refractivity contribution is 0.102. The van der Waals surface area contributed by atoms with Crippen LogP contribution in [0.5, 0.6) is 0 Å². The highest BCUT2D eigenvalue weighted by Gasteiger charge is 2.12. The van der Waals surface area contributed by atoms with Crippen molar-refractivity contribution in [1.82, 2.24) is 15.0 Å². The second-order valence-corrected chi connectivity index (χ2v) is 4.26. The Balaban J connectivity index is 2.07. The van der Waals surface area contributed by atoms with Crippen LogP contribution in [0.3, 0.4) is 0 Å². The van der Waals surface area contributed by atoms with Crippen molar-refractivity contribution in [1.29, 1.82) is 0 Å². The monoisotopic (exact) mass is 249 g/mol. The molecule has 0 bridgehead atoms. The Bertz CT molecular complexity index is 754. The van der Waals surface area contributed by atoms with E-state index in [1.54, 1.807) is 24.5 Å². The van der Waals surface area contributed by atoms with Gasteiger partial charge in [0.2, 0.25) is 11.6 Å². The Labute approximate surface area is 110 Å². The number of hydrogen-bond donors (Lipinski definition) is 0. The Morgan fingerprint density at radius 2 is 1.84 bits per heavy atom. The van der Waals surface area contributed by atoms with Gasteiger partial charge in [0.05, 0.1) is 5.52 Å². The summed E-state index contributed by atoms with van der Waals surface area (Å²) in [6, 6.07) is 11.0. The maximum Gasteiger partial charge on any atom is 0.230 e. The van der Waals surface area contributed by atoms with E-state index in [1.165, 1.54) is 0 Å². The van der Waals surface area contributed by atoms with Crippen LogP contribution in [0.4, 0.5) is 0 Å². The lowest BCUT2D eigenvalue weighted by Gasteiger charge is -2.02. The molecule has 0 spiro atoms. The van der Waals surface area contributed by atoms with Crippen LogP contribution in [-0.4, -0.2) is 20.7 Å². The molecule has 0 fully saturated rings. The molecule has 1 aromatic carbocycles. The number of ketones is 1. The molecule has 19 heavy (non-hydrogen) atoms. The van der Waals surface area contributed by atoms with Gasteiger partial charge in [-0.3, -0.25) is 9.78 Å². The molecule has 0 aliphatic heterocycles. The molecule has 4 nitrogen and oxygen atoms in total. The van der Waals surface area contributed by atoms with Crippen LogP contribution in [0.15, 0.2) is 48.8 Å². The van der Waals surface area contributed by atoms with Crippen LogP contribution in [0.1, 0.15) is 21.9 Å². The number of pyridine rings is 1. The highest BCUT2D eigenvalue weighted by molar-refractivity contribution is 6.08. The zero-order valence-corrected chi connectivity index (χ0v) is 10.4. The second kappa shape index (κ2) is 4.57. The third kappa shape index (κ3) is 2.20. The van der Waals surface area contributed by atoms with Gasteiger partial charge < -0.3 is 0 Å². The van der Waals surface area contributed by atoms with E-state index in [1.807, 2.05) is 31.2 Å². The highest BCUT2D eigenvalue weighted by atomic mass is 16.1. The Kier molecular flexibility index (Phi) is 2.76. The van der Waals surface area contributed by atoms with Crippen molar-refractivity contribution in [2.75, 3.05) is 0 Å². The van der Waals surface area contributed by atoms with Crippen molar-refractivity contribution in [3.63, 3.8) is 0 Å². The summed E-state index contributed by atoms with van der Waals surface area (Å²) in [6.45, 7) is 1.94. The quantitative estimate of drug-likeness (QED) is 0.655. The van der Waals surface area contributed by atoms with E-state index in [0.29, 0.717) is 5.56 Å². The van der Waals surface area contributed by atoms with Gasteiger partial charge in [0.25, 0.3) is 0 Å². The van der Waals surface area contributed by atoms with Crippen LogP contribution >= 0.6 is 0 Å². The van der Waals surface area contributed by atoms with Crippen molar-refractivity contribution in [3.8, 4) is 0 Å². The molecule has 2 aromatic heterocycles. The smallest absolute Gasteiger partial charge is 0.230 e. The molecule has 0 saturated heterocycles. The van der Waals surface area contributed by atoms with Gasteiger partial charge in [-0.2, -0.15) is 0 Å². The van der Waals surface area contributed by atoms with Crippen molar-refractivity contribution in [3.05, 3.63) is 65.9 Å². The van der Waals surface area contributed by atoms with Crippen LogP contribution in [0, 0.1) is 6.92 Å². The number of carbonyl (C=O) groups is 1. The minimum atomic E-state index is -0.178. The fourth-order valence-electron chi connectivity index (χ4n) is 1.91. The van der Waals surface area contributed by atoms with Gasteiger partial charge in [0.1, 0.15) is 0 Å². The molecule has 0 unspecified atom stereocenters. The van der Waals surface area contributed by atoms with Crippen LogP contribution < -0.4 is 0 Å². The summed E-state index contributed by atoms with van der Waals surface area (Å²) in [6.07, 6.45) is 3.12. The third-order valence-corrected chi connectivity index (χ3v) is 2.86. The predicted octanol–water partition coefficient (Wildman–Crippen LogP) is 2.56. The van der Waals surface area contributed by atoms with Gasteiger partial charge in [-0.1, -0.05) is 6.07 Å². The van der Waals surface area contributed by atoms with Gasteiger partial charge in [0, 0.05) is 29.0 Å². The van der Waals surface area contributed by atoms with E-state index in [9.17, 15) is 4.79 Å². The molecule has 3 rings (SSSR count). The molecule has 0 saturated carbocycles. The molecular formula is C15H11N3O. The number of aryl methyl sites for hydroxylation is 1. The lowest BCUT2D eigenvalue weighted by atomic mass is 10.1. The number of benzene rings is 1. The first kappa shape index (κ1) is 11.5. The molecule has 92 valence electrons. The van der Waals surface area contributed by atoms with Gasteiger partial charge in [-0.05, 0) is 37.3 Å². The Hall–Kier alpha value is -2.62. The van der Waals surface area contributed by atoms with Gasteiger partial charge >= 0.3 is 0 Å². The van der Waals surface area contributed by atoms with Gasteiger partial charge in [-0.15, -0.1) is 0 Å². The predicted molar refractivity (Wildman–Crippen MR) is 71.9 cm³/mol. The van der Waals surface area contributed by atoms with Crippen LogP contribution in [-0.2, 0) is 0 Å². The molecule has 0 aliphatic rings. The lowest BCUT2D eigenvalue weighted by Crippen LogP contribution is -2.06. The van der Waals surface area contributed by atoms with Crippen LogP contribution in [0.25, 0.3) is 10.9 Å². The summed E-state index contributed by atoms with van der Waals surface area (Å²) in [5.41, 5.74) is 2.41. The molecule has 0 amide bonds. The third-order valence-electron chi connectivity index (χ3n) is 2.86. The summed E-state index contributed by atoms with van der Waals surface area (Å²) in [4.78, 5) is 24.6. The molecular weight excluding hydrogens is 238 g/mol. The number of fused-ring (bicyclic) bond motifs is 1. The standard InChI is InChI=1S/C15H11N3O/c1-10-3-4-11-9-12(5-6-13(11)18-10)14(19)15-16-7-2-8-17-15/h2-9H,1H3. The molecule has 4 heteroatoms. The summed E-state index contributed by atoms with van der Waals surface area (Å²) in [5.74, 6) is 0.0324. The average molecular weight is 249 g/mol. The molecule has 3 aromatic rings. The van der Waals surface area contributed by atoms with Crippen molar-refractivity contribution < 1.29 is 4.79 Å². The number of aromatic nitrogens is 3. The van der Waals surface area contributed by atoms with Gasteiger partial charge in [-0.25, -0.2) is 9.97 Å². The minimum absolute atomic E-state index is 0.178. The first-order valence-corrected chi connectivity index (χ1v) is 5.93. The SMILES string of the molecule is Cc1ccc2cc(C(=O)c3ncccn3)ccc2n1. The highest BCUT2D eigenvalue weighted by Crippen LogP contribution is 2.16. The summed E-state index contributed by atoms with van der Waals surface area (Å²) in [5, 5.41) is 0.937. The zero-order chi connectivity index (χ0) is 13.2. The number of carbonyl (C=O) groups excluding carboxylic acids is 1. The zero-order valence-electron chi connectivity index (χ0n) is 10.4. The van der Waals surface area contributed by atoms with Crippen molar-refractivity contribution in [2.24, 2.45) is 0 Å². The molecule has 0 radical (unpaired) electrons. The Morgan fingerprint density at radius 1 is 1.05 bits per heavy atom. The first-order chi connectivity index (χ1) is 9.24. The van der Waals surface area contributed by atoms with E-state index in [2.05, 4.69) is 15.0 Å². The van der Waals surface area contributed by atoms with E-state index in [-0.39, 0.29) is 11.6 Å². The minimum Gasteiger partial charge on any atom is -0.285 e. The van der Waals surface area contributed by atoms with E-state index in [4.69, 9.17) is 0 Å². The van der Waals surface area contributed by atoms with Crippen LogP contribution in [0.2, 0.25) is 0 Å². The molecule has 0 aliphatic carbocycles. The van der Waals surface area contributed by atoms with Crippen molar-refractivity contribution in [2.45, 2.75) is 6.92 Å². The van der Waals surface area contributed by atoms with Gasteiger partial charge in [0.15, 0.2) is 0 Å². The second-order valence-electron chi connectivity index (χ2n) is 4.26. The van der Waals surface area contributed by atoms with E-state index >= 15 is 0 Å². The number of nitrogens with zero attached hydrogens (tertiary/aromatic N) is 3. The normalized spacial score (nSPS) is 10.6. The maximum atomic E-state index is 12.2. The number of hydrogen-bond acceptors (Lipinski definition) is 4. The summed E-state index contributed by atoms with van der Waals surface area (Å²) >= 11 is 0. The first-order valence-electron chi connectivity index (χ1n) is 5.93. The fraction of sp³-hybridized carbons (Fsp3) is 0.0667.